The topological polar surface area (TPSA) is 80.5 Å². The minimum absolute atomic E-state index is 0.0408. The summed E-state index contributed by atoms with van der Waals surface area (Å²) < 4.78 is 28.0. The van der Waals surface area contributed by atoms with Gasteiger partial charge in [0.25, 0.3) is 5.69 Å². The first-order valence-electron chi connectivity index (χ1n) is 7.03. The van der Waals surface area contributed by atoms with Gasteiger partial charge in [0.1, 0.15) is 0 Å². The number of thioether (sulfide) groups is 1. The zero-order valence-electron chi connectivity index (χ0n) is 12.3. The molecule has 1 atom stereocenters. The Hall–Kier alpha value is -1.42. The predicted molar refractivity (Wildman–Crippen MR) is 96.3 cm³/mol. The zero-order chi connectivity index (χ0) is 17.3. The highest BCUT2D eigenvalue weighted by Gasteiger charge is 2.37. The number of nitro benzene ring substituents is 1. The molecule has 3 rings (SSSR count). The Balaban J connectivity index is 1.97. The molecule has 1 unspecified atom stereocenters. The number of sulfonamides is 1. The number of benzene rings is 2. The molecule has 0 aliphatic carbocycles. The molecule has 1 fully saturated rings. The van der Waals surface area contributed by atoms with Crippen LogP contribution in [0.25, 0.3) is 0 Å². The largest absolute Gasteiger partial charge is 0.269 e. The molecule has 0 radical (unpaired) electrons. The first kappa shape index (κ1) is 17.4. The maximum absolute atomic E-state index is 12.9. The number of nitro groups is 1. The van der Waals surface area contributed by atoms with Crippen LogP contribution in [0.5, 0.6) is 0 Å². The van der Waals surface area contributed by atoms with Crippen LogP contribution >= 0.6 is 27.7 Å². The molecule has 2 aromatic carbocycles. The Labute approximate surface area is 152 Å². The van der Waals surface area contributed by atoms with E-state index in [9.17, 15) is 18.5 Å². The lowest BCUT2D eigenvalue weighted by Gasteiger charge is -2.23. The maximum Gasteiger partial charge on any atom is 0.269 e. The Morgan fingerprint density at radius 1 is 1.21 bits per heavy atom. The summed E-state index contributed by atoms with van der Waals surface area (Å²) in [4.78, 5) is 10.7. The normalized spacial score (nSPS) is 18.6. The van der Waals surface area contributed by atoms with Crippen molar-refractivity contribution in [3.63, 3.8) is 0 Å². The van der Waals surface area contributed by atoms with Crippen LogP contribution in [0.15, 0.2) is 57.9 Å². The third-order valence-electron chi connectivity index (χ3n) is 3.64. The van der Waals surface area contributed by atoms with Gasteiger partial charge >= 0.3 is 0 Å². The highest BCUT2D eigenvalue weighted by atomic mass is 79.9. The van der Waals surface area contributed by atoms with Crippen molar-refractivity contribution in [3.05, 3.63) is 68.7 Å². The molecule has 1 heterocycles. The van der Waals surface area contributed by atoms with Gasteiger partial charge in [-0.3, -0.25) is 10.1 Å². The number of halogens is 1. The van der Waals surface area contributed by atoms with Crippen LogP contribution in [0.3, 0.4) is 0 Å². The first-order chi connectivity index (χ1) is 11.4. The number of non-ortho nitro benzene ring substituents is 1. The Kier molecular flexibility index (Phi) is 4.95. The fourth-order valence-corrected chi connectivity index (χ4v) is 5.99. The third-order valence-corrected chi connectivity index (χ3v) is 7.44. The molecule has 1 aliphatic heterocycles. The quantitative estimate of drug-likeness (QED) is 0.546. The average molecular weight is 429 g/mol. The van der Waals surface area contributed by atoms with Crippen molar-refractivity contribution >= 4 is 43.4 Å². The molecule has 0 spiro atoms. The van der Waals surface area contributed by atoms with E-state index in [1.54, 1.807) is 36.4 Å². The Bertz CT molecular complexity index is 871. The van der Waals surface area contributed by atoms with Gasteiger partial charge in [0.05, 0.1) is 15.2 Å². The molecule has 24 heavy (non-hydrogen) atoms. The van der Waals surface area contributed by atoms with Gasteiger partial charge in [0.2, 0.25) is 10.0 Å². The predicted octanol–water partition coefficient (Wildman–Crippen LogP) is 3.79. The molecule has 9 heteroatoms. The smallest absolute Gasteiger partial charge is 0.258 e. The second kappa shape index (κ2) is 6.83. The van der Waals surface area contributed by atoms with E-state index in [1.807, 2.05) is 0 Å². The maximum atomic E-state index is 12.9. The Morgan fingerprint density at radius 2 is 1.92 bits per heavy atom. The molecule has 2 aromatic rings. The van der Waals surface area contributed by atoms with Crippen LogP contribution in [-0.2, 0) is 10.0 Å². The van der Waals surface area contributed by atoms with Crippen molar-refractivity contribution < 1.29 is 13.3 Å². The van der Waals surface area contributed by atoms with E-state index >= 15 is 0 Å². The van der Waals surface area contributed by atoms with Crippen molar-refractivity contribution in [3.8, 4) is 0 Å². The minimum Gasteiger partial charge on any atom is -0.258 e. The van der Waals surface area contributed by atoms with E-state index in [1.165, 1.54) is 28.2 Å². The summed E-state index contributed by atoms with van der Waals surface area (Å²) in [5, 5.41) is 10.5. The summed E-state index contributed by atoms with van der Waals surface area (Å²) in [6.45, 7) is 0.371. The fourth-order valence-electron chi connectivity index (χ4n) is 2.50. The van der Waals surface area contributed by atoms with Crippen LogP contribution in [-0.4, -0.2) is 29.9 Å². The van der Waals surface area contributed by atoms with Crippen LogP contribution in [0.1, 0.15) is 10.9 Å². The van der Waals surface area contributed by atoms with Crippen LogP contribution in [0.2, 0.25) is 0 Å². The van der Waals surface area contributed by atoms with E-state index < -0.39 is 20.3 Å². The average Bonchev–Trinajstić information content (AvgIpc) is 3.06. The lowest BCUT2D eigenvalue weighted by molar-refractivity contribution is -0.384. The van der Waals surface area contributed by atoms with Gasteiger partial charge in [-0.2, -0.15) is 4.31 Å². The Morgan fingerprint density at radius 3 is 2.58 bits per heavy atom. The van der Waals surface area contributed by atoms with E-state index in [-0.39, 0.29) is 10.6 Å². The molecule has 0 amide bonds. The third kappa shape index (κ3) is 3.34. The minimum atomic E-state index is -3.66. The zero-order valence-corrected chi connectivity index (χ0v) is 15.6. The van der Waals surface area contributed by atoms with Crippen LogP contribution in [0.4, 0.5) is 5.69 Å². The number of hydrogen-bond acceptors (Lipinski definition) is 5. The van der Waals surface area contributed by atoms with E-state index in [4.69, 9.17) is 0 Å². The lowest BCUT2D eigenvalue weighted by Crippen LogP contribution is -2.30. The molecular weight excluding hydrogens is 416 g/mol. The summed E-state index contributed by atoms with van der Waals surface area (Å²) in [5.74, 6) is 0.642. The van der Waals surface area contributed by atoms with Crippen molar-refractivity contribution in [2.24, 2.45) is 0 Å². The van der Waals surface area contributed by atoms with E-state index in [0.29, 0.717) is 17.9 Å². The highest BCUT2D eigenvalue weighted by molar-refractivity contribution is 9.10. The molecule has 0 saturated carbocycles. The van der Waals surface area contributed by atoms with Crippen molar-refractivity contribution in [2.45, 2.75) is 10.3 Å². The lowest BCUT2D eigenvalue weighted by atomic mass is 10.2. The first-order valence-corrected chi connectivity index (χ1v) is 10.3. The highest BCUT2D eigenvalue weighted by Crippen LogP contribution is 2.42. The summed E-state index contributed by atoms with van der Waals surface area (Å²) >= 11 is 4.75. The standard InChI is InChI=1S/C15H13BrN2O4S2/c16-12-4-6-14(7-5-12)24(21,22)17-8-9-23-15(17)11-2-1-3-13(10-11)18(19)20/h1-7,10,15H,8-9H2. The fraction of sp³-hybridized carbons (Fsp3) is 0.200. The molecule has 0 N–H and O–H groups in total. The van der Waals surface area contributed by atoms with Crippen LogP contribution < -0.4 is 0 Å². The van der Waals surface area contributed by atoms with Gasteiger partial charge in [-0.1, -0.05) is 28.1 Å². The number of nitrogens with zero attached hydrogens (tertiary/aromatic N) is 2. The molecule has 126 valence electrons. The van der Waals surface area contributed by atoms with Gasteiger partial charge in [-0.15, -0.1) is 11.8 Å². The van der Waals surface area contributed by atoms with Crippen molar-refractivity contribution in [1.29, 1.82) is 0 Å². The van der Waals surface area contributed by atoms with Gasteiger partial charge < -0.3 is 0 Å². The van der Waals surface area contributed by atoms with Gasteiger partial charge in [0.15, 0.2) is 0 Å². The summed E-state index contributed by atoms with van der Waals surface area (Å²) in [6.07, 6.45) is 0. The van der Waals surface area contributed by atoms with Gasteiger partial charge in [0, 0.05) is 28.9 Å². The second-order valence-corrected chi connectivity index (χ2v) is 9.14. The monoisotopic (exact) mass is 428 g/mol. The molecule has 0 bridgehead atoms. The van der Waals surface area contributed by atoms with Gasteiger partial charge in [-0.05, 0) is 29.8 Å². The summed E-state index contributed by atoms with van der Waals surface area (Å²) in [7, 11) is -3.66. The van der Waals surface area contributed by atoms with E-state index in [0.717, 1.165) is 4.47 Å². The number of hydrogen-bond donors (Lipinski definition) is 0. The number of rotatable bonds is 4. The summed E-state index contributed by atoms with van der Waals surface area (Å²) in [5.41, 5.74) is 0.577. The molecule has 6 nitrogen and oxygen atoms in total. The molecule has 1 saturated heterocycles. The van der Waals surface area contributed by atoms with E-state index in [2.05, 4.69) is 15.9 Å². The van der Waals surface area contributed by atoms with Gasteiger partial charge in [-0.25, -0.2) is 8.42 Å². The molecular formula is C15H13BrN2O4S2. The molecule has 0 aromatic heterocycles. The van der Waals surface area contributed by atoms with Crippen LogP contribution in [0, 0.1) is 10.1 Å². The van der Waals surface area contributed by atoms with Crippen molar-refractivity contribution in [2.75, 3.05) is 12.3 Å². The SMILES string of the molecule is O=[N+]([O-])c1cccc(C2SCCN2S(=O)(=O)c2ccc(Br)cc2)c1. The van der Waals surface area contributed by atoms with Crippen molar-refractivity contribution in [1.82, 2.24) is 4.31 Å². The second-order valence-electron chi connectivity index (χ2n) is 5.14. The molecule has 1 aliphatic rings. The summed E-state index contributed by atoms with van der Waals surface area (Å²) in [6, 6.07) is 12.6.